The van der Waals surface area contributed by atoms with Gasteiger partial charge in [0.2, 0.25) is 0 Å². The zero-order valence-electron chi connectivity index (χ0n) is 8.87. The van der Waals surface area contributed by atoms with Gasteiger partial charge in [-0.2, -0.15) is 0 Å². The third-order valence-electron chi connectivity index (χ3n) is 2.78. The van der Waals surface area contributed by atoms with Gasteiger partial charge in [-0.1, -0.05) is 6.08 Å². The van der Waals surface area contributed by atoms with E-state index in [1.807, 2.05) is 6.08 Å². The van der Waals surface area contributed by atoms with Gasteiger partial charge < -0.3 is 4.74 Å². The summed E-state index contributed by atoms with van der Waals surface area (Å²) in [7, 11) is 0. The van der Waals surface area contributed by atoms with E-state index in [9.17, 15) is 0 Å². The lowest BCUT2D eigenvalue weighted by atomic mass is 9.99. The molecule has 0 saturated carbocycles. The molecule has 2 atom stereocenters. The van der Waals surface area contributed by atoms with Crippen LogP contribution in [0.1, 0.15) is 38.5 Å². The summed E-state index contributed by atoms with van der Waals surface area (Å²) >= 11 is 0. The Hall–Kier alpha value is -0.380. The molecule has 0 spiro atoms. The largest absolute Gasteiger partial charge is 0.378 e. The summed E-state index contributed by atoms with van der Waals surface area (Å²) in [6.07, 6.45) is 9.15. The molecule has 3 heteroatoms. The summed E-state index contributed by atoms with van der Waals surface area (Å²) in [6.45, 7) is 4.63. The third-order valence-corrected chi connectivity index (χ3v) is 2.78. The normalized spacial score (nSPS) is 24.5. The van der Waals surface area contributed by atoms with Crippen molar-refractivity contribution in [2.75, 3.05) is 6.61 Å². The lowest BCUT2D eigenvalue weighted by Crippen LogP contribution is -2.38. The highest BCUT2D eigenvalue weighted by Crippen LogP contribution is 2.18. The predicted molar refractivity (Wildman–Crippen MR) is 58.8 cm³/mol. The van der Waals surface area contributed by atoms with E-state index in [-0.39, 0.29) is 0 Å². The van der Waals surface area contributed by atoms with Crippen LogP contribution in [-0.4, -0.2) is 18.8 Å². The molecule has 0 aromatic heterocycles. The minimum Gasteiger partial charge on any atom is -0.378 e. The summed E-state index contributed by atoms with van der Waals surface area (Å²) in [4.78, 5) is 0. The van der Waals surface area contributed by atoms with Crippen LogP contribution >= 0.6 is 0 Å². The van der Waals surface area contributed by atoms with Crippen LogP contribution in [-0.2, 0) is 4.74 Å². The Bertz CT molecular complexity index is 155. The summed E-state index contributed by atoms with van der Waals surface area (Å²) in [6, 6.07) is 0.371. The van der Waals surface area contributed by atoms with Crippen LogP contribution in [0.4, 0.5) is 0 Å². The van der Waals surface area contributed by atoms with Crippen LogP contribution in [0.5, 0.6) is 0 Å². The van der Waals surface area contributed by atoms with E-state index in [1.165, 1.54) is 19.3 Å². The molecule has 1 heterocycles. The topological polar surface area (TPSA) is 47.3 Å². The molecule has 0 radical (unpaired) electrons. The highest BCUT2D eigenvalue weighted by Gasteiger charge is 2.18. The van der Waals surface area contributed by atoms with Crippen molar-refractivity contribution in [3.8, 4) is 0 Å². The summed E-state index contributed by atoms with van der Waals surface area (Å²) in [5.41, 5.74) is 2.86. The lowest BCUT2D eigenvalue weighted by molar-refractivity contribution is 0.00476. The van der Waals surface area contributed by atoms with Crippen LogP contribution in [0.3, 0.4) is 0 Å². The Morgan fingerprint density at radius 2 is 2.43 bits per heavy atom. The first-order chi connectivity index (χ1) is 6.86. The highest BCUT2D eigenvalue weighted by atomic mass is 16.5. The Morgan fingerprint density at radius 3 is 3.00 bits per heavy atom. The van der Waals surface area contributed by atoms with E-state index >= 15 is 0 Å². The van der Waals surface area contributed by atoms with Gasteiger partial charge in [0.15, 0.2) is 0 Å². The molecule has 1 rings (SSSR count). The van der Waals surface area contributed by atoms with Crippen LogP contribution < -0.4 is 11.3 Å². The fourth-order valence-corrected chi connectivity index (χ4v) is 1.90. The van der Waals surface area contributed by atoms with Crippen molar-refractivity contribution in [1.82, 2.24) is 5.43 Å². The smallest absolute Gasteiger partial charge is 0.0590 e. The maximum atomic E-state index is 5.67. The molecule has 1 aliphatic heterocycles. The number of rotatable bonds is 6. The quantitative estimate of drug-likeness (QED) is 0.388. The van der Waals surface area contributed by atoms with Gasteiger partial charge in [0.1, 0.15) is 0 Å². The molecule has 82 valence electrons. The summed E-state index contributed by atoms with van der Waals surface area (Å²) in [5.74, 6) is 5.49. The maximum Gasteiger partial charge on any atom is 0.0590 e. The van der Waals surface area contributed by atoms with Crippen molar-refractivity contribution in [2.45, 2.75) is 50.7 Å². The Balaban J connectivity index is 2.19. The van der Waals surface area contributed by atoms with E-state index in [0.717, 1.165) is 25.9 Å². The fraction of sp³-hybridized carbons (Fsp3) is 0.818. The molecule has 1 aliphatic rings. The van der Waals surface area contributed by atoms with E-state index < -0.39 is 0 Å². The van der Waals surface area contributed by atoms with E-state index in [0.29, 0.717) is 12.1 Å². The molecule has 0 amide bonds. The Labute approximate surface area is 86.7 Å². The number of nitrogens with one attached hydrogen (secondary N) is 1. The molecule has 14 heavy (non-hydrogen) atoms. The second kappa shape index (κ2) is 6.98. The first-order valence-corrected chi connectivity index (χ1v) is 5.55. The second-order valence-electron chi connectivity index (χ2n) is 3.95. The van der Waals surface area contributed by atoms with Gasteiger partial charge in [-0.25, -0.2) is 0 Å². The molecule has 0 aromatic carbocycles. The molecule has 0 bridgehead atoms. The van der Waals surface area contributed by atoms with E-state index in [4.69, 9.17) is 10.6 Å². The minimum atomic E-state index is 0.371. The number of allylic oxidation sites excluding steroid dienone is 1. The van der Waals surface area contributed by atoms with Crippen molar-refractivity contribution < 1.29 is 4.74 Å². The molecular weight excluding hydrogens is 176 g/mol. The molecule has 3 N–H and O–H groups in total. The van der Waals surface area contributed by atoms with E-state index in [2.05, 4.69) is 12.0 Å². The van der Waals surface area contributed by atoms with Crippen LogP contribution in [0, 0.1) is 0 Å². The fourth-order valence-electron chi connectivity index (χ4n) is 1.90. The van der Waals surface area contributed by atoms with Gasteiger partial charge in [-0.05, 0) is 38.5 Å². The zero-order valence-corrected chi connectivity index (χ0v) is 8.87. The highest BCUT2D eigenvalue weighted by molar-refractivity contribution is 4.76. The van der Waals surface area contributed by atoms with Crippen molar-refractivity contribution >= 4 is 0 Å². The Kier molecular flexibility index (Phi) is 5.83. The number of hydrogen-bond acceptors (Lipinski definition) is 3. The average Bonchev–Trinajstić information content (AvgIpc) is 2.25. The predicted octanol–water partition coefficient (Wildman–Crippen LogP) is 1.74. The first kappa shape index (κ1) is 11.7. The standard InChI is InChI=1S/C11H22N2O/c1-2-3-6-10(13-12)9-11-7-4-5-8-14-11/h2,10-11,13H,1,3-9,12H2. The first-order valence-electron chi connectivity index (χ1n) is 5.55. The molecular formula is C11H22N2O. The number of hydrazine groups is 1. The molecule has 3 nitrogen and oxygen atoms in total. The Morgan fingerprint density at radius 1 is 1.57 bits per heavy atom. The number of ether oxygens (including phenoxy) is 1. The van der Waals surface area contributed by atoms with E-state index in [1.54, 1.807) is 0 Å². The van der Waals surface area contributed by atoms with Gasteiger partial charge in [-0.3, -0.25) is 11.3 Å². The molecule has 2 unspecified atom stereocenters. The van der Waals surface area contributed by atoms with Gasteiger partial charge in [0, 0.05) is 12.6 Å². The monoisotopic (exact) mass is 198 g/mol. The zero-order chi connectivity index (χ0) is 10.2. The van der Waals surface area contributed by atoms with Gasteiger partial charge in [0.25, 0.3) is 0 Å². The van der Waals surface area contributed by atoms with Gasteiger partial charge >= 0.3 is 0 Å². The molecule has 1 saturated heterocycles. The third kappa shape index (κ3) is 4.22. The second-order valence-corrected chi connectivity index (χ2v) is 3.95. The van der Waals surface area contributed by atoms with Gasteiger partial charge in [0.05, 0.1) is 6.10 Å². The van der Waals surface area contributed by atoms with Crippen LogP contribution in [0.2, 0.25) is 0 Å². The number of hydrogen-bond donors (Lipinski definition) is 2. The van der Waals surface area contributed by atoms with Crippen molar-refractivity contribution in [3.05, 3.63) is 12.7 Å². The summed E-state index contributed by atoms with van der Waals surface area (Å²) < 4.78 is 5.67. The maximum absolute atomic E-state index is 5.67. The summed E-state index contributed by atoms with van der Waals surface area (Å²) in [5, 5.41) is 0. The molecule has 0 aromatic rings. The SMILES string of the molecule is C=CCCC(CC1CCCCO1)NN. The van der Waals surface area contributed by atoms with Crippen molar-refractivity contribution in [2.24, 2.45) is 5.84 Å². The van der Waals surface area contributed by atoms with Crippen LogP contribution in [0.25, 0.3) is 0 Å². The lowest BCUT2D eigenvalue weighted by Gasteiger charge is -2.26. The van der Waals surface area contributed by atoms with Crippen molar-refractivity contribution in [3.63, 3.8) is 0 Å². The molecule has 1 fully saturated rings. The molecule has 0 aliphatic carbocycles. The minimum absolute atomic E-state index is 0.371. The average molecular weight is 198 g/mol. The van der Waals surface area contributed by atoms with Gasteiger partial charge in [-0.15, -0.1) is 6.58 Å². The van der Waals surface area contributed by atoms with Crippen LogP contribution in [0.15, 0.2) is 12.7 Å². The number of nitrogens with two attached hydrogens (primary N) is 1. The van der Waals surface area contributed by atoms with Crippen molar-refractivity contribution in [1.29, 1.82) is 0 Å².